The van der Waals surface area contributed by atoms with E-state index in [1.165, 1.54) is 11.9 Å². The minimum Gasteiger partial charge on any atom is -0.481 e. The zero-order chi connectivity index (χ0) is 15.3. The fourth-order valence-electron chi connectivity index (χ4n) is 1.40. The van der Waals surface area contributed by atoms with E-state index in [9.17, 15) is 18.4 Å². The van der Waals surface area contributed by atoms with Gasteiger partial charge in [0.1, 0.15) is 11.6 Å². The van der Waals surface area contributed by atoms with Crippen LogP contribution in [0.4, 0.5) is 19.3 Å². The third-order valence-electron chi connectivity index (χ3n) is 2.48. The SMILES string of the molecule is CN(CCCC(=O)O)C(=O)Nc1cc(Br)c(F)cc1F. The van der Waals surface area contributed by atoms with Crippen LogP contribution in [0.5, 0.6) is 0 Å². The maximum atomic E-state index is 13.4. The lowest BCUT2D eigenvalue weighted by molar-refractivity contribution is -0.137. The van der Waals surface area contributed by atoms with E-state index < -0.39 is 23.6 Å². The molecule has 0 bridgehead atoms. The van der Waals surface area contributed by atoms with Gasteiger partial charge in [-0.3, -0.25) is 4.79 Å². The summed E-state index contributed by atoms with van der Waals surface area (Å²) in [6, 6.07) is 1.17. The Morgan fingerprint density at radius 2 is 2.00 bits per heavy atom. The van der Waals surface area contributed by atoms with Crippen molar-refractivity contribution in [2.24, 2.45) is 0 Å². The molecular weight excluding hydrogens is 338 g/mol. The Balaban J connectivity index is 2.61. The Labute approximate surface area is 122 Å². The number of carbonyl (C=O) groups is 2. The Kier molecular flexibility index (Phi) is 5.87. The topological polar surface area (TPSA) is 69.6 Å². The minimum absolute atomic E-state index is 0.0303. The molecule has 0 radical (unpaired) electrons. The Morgan fingerprint density at radius 1 is 1.35 bits per heavy atom. The van der Waals surface area contributed by atoms with E-state index in [1.807, 2.05) is 0 Å². The monoisotopic (exact) mass is 350 g/mol. The molecule has 8 heteroatoms. The van der Waals surface area contributed by atoms with Gasteiger partial charge in [0, 0.05) is 26.1 Å². The number of benzene rings is 1. The number of hydrogen-bond acceptors (Lipinski definition) is 2. The summed E-state index contributed by atoms with van der Waals surface area (Å²) in [7, 11) is 1.45. The van der Waals surface area contributed by atoms with Crippen LogP contribution in [0.25, 0.3) is 0 Å². The molecule has 0 saturated heterocycles. The number of carbonyl (C=O) groups excluding carboxylic acids is 1. The first-order valence-electron chi connectivity index (χ1n) is 5.69. The number of hydrogen-bond donors (Lipinski definition) is 2. The molecule has 0 heterocycles. The van der Waals surface area contributed by atoms with Crippen molar-refractivity contribution in [2.45, 2.75) is 12.8 Å². The first-order chi connectivity index (χ1) is 9.31. The van der Waals surface area contributed by atoms with Gasteiger partial charge in [-0.2, -0.15) is 0 Å². The molecule has 2 N–H and O–H groups in total. The molecule has 0 aliphatic rings. The average Bonchev–Trinajstić information content (AvgIpc) is 2.35. The Hall–Kier alpha value is -1.70. The fourth-order valence-corrected chi connectivity index (χ4v) is 1.74. The van der Waals surface area contributed by atoms with Gasteiger partial charge in [-0.25, -0.2) is 13.6 Å². The van der Waals surface area contributed by atoms with Gasteiger partial charge >= 0.3 is 12.0 Å². The van der Waals surface area contributed by atoms with Crippen LogP contribution in [0.1, 0.15) is 12.8 Å². The van der Waals surface area contributed by atoms with E-state index in [1.54, 1.807) is 0 Å². The summed E-state index contributed by atoms with van der Waals surface area (Å²) in [4.78, 5) is 23.3. The molecule has 5 nitrogen and oxygen atoms in total. The molecule has 0 aromatic heterocycles. The second kappa shape index (κ2) is 7.18. The summed E-state index contributed by atoms with van der Waals surface area (Å²) in [5.74, 6) is -2.61. The summed E-state index contributed by atoms with van der Waals surface area (Å²) in [6.45, 7) is 0.210. The molecule has 0 fully saturated rings. The second-order valence-corrected chi connectivity index (χ2v) is 4.95. The lowest BCUT2D eigenvalue weighted by Crippen LogP contribution is -2.32. The van der Waals surface area contributed by atoms with Gasteiger partial charge in [0.2, 0.25) is 0 Å². The summed E-state index contributed by atoms with van der Waals surface area (Å²) in [5.41, 5.74) is -0.159. The standard InChI is InChI=1S/C12H13BrF2N2O3/c1-17(4-2-3-11(18)19)12(20)16-10-5-7(13)8(14)6-9(10)15/h5-6H,2-4H2,1H3,(H,16,20)(H,18,19). The third kappa shape index (κ3) is 4.76. The molecule has 1 rings (SSSR count). The van der Waals surface area contributed by atoms with Gasteiger partial charge in [0.15, 0.2) is 0 Å². The second-order valence-electron chi connectivity index (χ2n) is 4.10. The summed E-state index contributed by atoms with van der Waals surface area (Å²) >= 11 is 2.89. The van der Waals surface area contributed by atoms with E-state index >= 15 is 0 Å². The number of rotatable bonds is 5. The molecule has 0 saturated carbocycles. The molecular formula is C12H13BrF2N2O3. The highest BCUT2D eigenvalue weighted by atomic mass is 79.9. The summed E-state index contributed by atoms with van der Waals surface area (Å²) in [6.07, 6.45) is 0.225. The molecule has 1 aromatic carbocycles. The molecule has 0 spiro atoms. The number of nitrogens with one attached hydrogen (secondary N) is 1. The molecule has 20 heavy (non-hydrogen) atoms. The smallest absolute Gasteiger partial charge is 0.321 e. The van der Waals surface area contributed by atoms with Crippen molar-refractivity contribution in [1.82, 2.24) is 4.90 Å². The van der Waals surface area contributed by atoms with Crippen LogP contribution >= 0.6 is 15.9 Å². The van der Waals surface area contributed by atoms with Crippen molar-refractivity contribution in [1.29, 1.82) is 0 Å². The van der Waals surface area contributed by atoms with E-state index in [-0.39, 0.29) is 29.5 Å². The lowest BCUT2D eigenvalue weighted by atomic mass is 10.3. The first kappa shape index (κ1) is 16.4. The number of halogens is 3. The van der Waals surface area contributed by atoms with Crippen molar-refractivity contribution in [3.8, 4) is 0 Å². The number of anilines is 1. The highest BCUT2D eigenvalue weighted by Gasteiger charge is 2.14. The first-order valence-corrected chi connectivity index (χ1v) is 6.49. The number of carboxylic acids is 1. The number of aliphatic carboxylic acids is 1. The normalized spacial score (nSPS) is 10.2. The summed E-state index contributed by atoms with van der Waals surface area (Å²) < 4.78 is 26.5. The van der Waals surface area contributed by atoms with Crippen molar-refractivity contribution < 1.29 is 23.5 Å². The van der Waals surface area contributed by atoms with Crippen LogP contribution in [0.3, 0.4) is 0 Å². The van der Waals surface area contributed by atoms with E-state index in [0.717, 1.165) is 6.07 Å². The predicted molar refractivity (Wildman–Crippen MR) is 72.6 cm³/mol. The molecule has 0 aliphatic heterocycles. The largest absolute Gasteiger partial charge is 0.481 e. The summed E-state index contributed by atoms with van der Waals surface area (Å²) in [5, 5.41) is 10.8. The van der Waals surface area contributed by atoms with Crippen molar-refractivity contribution in [3.63, 3.8) is 0 Å². The van der Waals surface area contributed by atoms with Crippen LogP contribution in [0.15, 0.2) is 16.6 Å². The van der Waals surface area contributed by atoms with E-state index in [0.29, 0.717) is 6.07 Å². The van der Waals surface area contributed by atoms with Gasteiger partial charge in [-0.1, -0.05) is 0 Å². The highest BCUT2D eigenvalue weighted by Crippen LogP contribution is 2.23. The fraction of sp³-hybridized carbons (Fsp3) is 0.333. The molecule has 0 atom stereocenters. The zero-order valence-corrected chi connectivity index (χ0v) is 12.2. The number of amides is 2. The van der Waals surface area contributed by atoms with Crippen LogP contribution in [0.2, 0.25) is 0 Å². The molecule has 0 aliphatic carbocycles. The van der Waals surface area contributed by atoms with Crippen molar-refractivity contribution >= 4 is 33.6 Å². The number of nitrogens with zero attached hydrogens (tertiary/aromatic N) is 1. The molecule has 1 aromatic rings. The molecule has 110 valence electrons. The Bertz CT molecular complexity index is 526. The van der Waals surface area contributed by atoms with Gasteiger partial charge in [-0.15, -0.1) is 0 Å². The van der Waals surface area contributed by atoms with Gasteiger partial charge in [0.25, 0.3) is 0 Å². The van der Waals surface area contributed by atoms with E-state index in [4.69, 9.17) is 5.11 Å². The van der Waals surface area contributed by atoms with Gasteiger partial charge in [0.05, 0.1) is 10.2 Å². The van der Waals surface area contributed by atoms with Gasteiger partial charge < -0.3 is 15.3 Å². The van der Waals surface area contributed by atoms with Crippen molar-refractivity contribution in [2.75, 3.05) is 18.9 Å². The van der Waals surface area contributed by atoms with Crippen LogP contribution < -0.4 is 5.32 Å². The van der Waals surface area contributed by atoms with Crippen molar-refractivity contribution in [3.05, 3.63) is 28.2 Å². The number of urea groups is 1. The third-order valence-corrected chi connectivity index (χ3v) is 3.09. The molecule has 2 amide bonds. The maximum Gasteiger partial charge on any atom is 0.321 e. The van der Waals surface area contributed by atoms with Crippen LogP contribution in [-0.4, -0.2) is 35.6 Å². The zero-order valence-electron chi connectivity index (χ0n) is 10.6. The average molecular weight is 351 g/mol. The quantitative estimate of drug-likeness (QED) is 0.801. The number of carboxylic acid groups (broad SMARTS) is 1. The highest BCUT2D eigenvalue weighted by molar-refractivity contribution is 9.10. The maximum absolute atomic E-state index is 13.4. The Morgan fingerprint density at radius 3 is 2.60 bits per heavy atom. The minimum atomic E-state index is -0.952. The van der Waals surface area contributed by atoms with Crippen LogP contribution in [0, 0.1) is 11.6 Å². The van der Waals surface area contributed by atoms with Gasteiger partial charge in [-0.05, 0) is 28.4 Å². The van der Waals surface area contributed by atoms with E-state index in [2.05, 4.69) is 21.2 Å². The molecule has 0 unspecified atom stereocenters. The lowest BCUT2D eigenvalue weighted by Gasteiger charge is -2.18. The predicted octanol–water partition coefficient (Wildman–Crippen LogP) is 3.06. The van der Waals surface area contributed by atoms with Crippen LogP contribution in [-0.2, 0) is 4.79 Å².